The van der Waals surface area contributed by atoms with Gasteiger partial charge in [0.1, 0.15) is 11.5 Å². The maximum Gasteiger partial charge on any atom is 0.272 e. The predicted octanol–water partition coefficient (Wildman–Crippen LogP) is 1.52. The standard InChI is InChI=1S/C17H19FN4O2.ClH/c1-11-8-9-19-10-15(11)20-17(24)14-6-7-16(23)22(21-14)13-4-2-12(18)3-5-13;/h2-7,11,15,19H,8-10H2,1H3,(H,20,24);1H. The maximum atomic E-state index is 13.0. The molecule has 0 aliphatic carbocycles. The van der Waals surface area contributed by atoms with Crippen LogP contribution >= 0.6 is 12.4 Å². The third kappa shape index (κ3) is 4.43. The third-order valence-electron chi connectivity index (χ3n) is 4.25. The fraction of sp³-hybridized carbons (Fsp3) is 0.353. The Bertz CT molecular complexity index is 794. The zero-order valence-corrected chi connectivity index (χ0v) is 14.6. The molecule has 8 heteroatoms. The minimum Gasteiger partial charge on any atom is -0.346 e. The Morgan fingerprint density at radius 2 is 2.00 bits per heavy atom. The first-order valence-corrected chi connectivity index (χ1v) is 7.92. The molecule has 25 heavy (non-hydrogen) atoms. The summed E-state index contributed by atoms with van der Waals surface area (Å²) in [5.74, 6) is -0.357. The number of amides is 1. The molecule has 2 heterocycles. The van der Waals surface area contributed by atoms with Gasteiger partial charge >= 0.3 is 0 Å². The molecule has 2 aromatic rings. The summed E-state index contributed by atoms with van der Waals surface area (Å²) < 4.78 is 14.1. The minimum atomic E-state index is -0.403. The fourth-order valence-corrected chi connectivity index (χ4v) is 2.72. The lowest BCUT2D eigenvalue weighted by Crippen LogP contribution is -2.50. The number of benzene rings is 1. The van der Waals surface area contributed by atoms with Crippen LogP contribution in [0.1, 0.15) is 23.8 Å². The highest BCUT2D eigenvalue weighted by atomic mass is 35.5. The Morgan fingerprint density at radius 1 is 1.28 bits per heavy atom. The lowest BCUT2D eigenvalue weighted by Gasteiger charge is -2.30. The lowest BCUT2D eigenvalue weighted by atomic mass is 9.95. The van der Waals surface area contributed by atoms with Crippen molar-refractivity contribution in [3.8, 4) is 5.69 Å². The van der Waals surface area contributed by atoms with E-state index < -0.39 is 5.82 Å². The van der Waals surface area contributed by atoms with Crippen LogP contribution in [0, 0.1) is 11.7 Å². The van der Waals surface area contributed by atoms with Crippen LogP contribution in [-0.2, 0) is 0 Å². The molecule has 134 valence electrons. The molecule has 1 aliphatic heterocycles. The van der Waals surface area contributed by atoms with E-state index in [-0.39, 0.29) is 35.6 Å². The van der Waals surface area contributed by atoms with Gasteiger partial charge in [0.2, 0.25) is 0 Å². The van der Waals surface area contributed by atoms with Crippen molar-refractivity contribution in [2.75, 3.05) is 13.1 Å². The van der Waals surface area contributed by atoms with Crippen molar-refractivity contribution in [3.63, 3.8) is 0 Å². The van der Waals surface area contributed by atoms with Gasteiger partial charge in [-0.1, -0.05) is 6.92 Å². The molecule has 2 atom stereocenters. The number of hydrogen-bond acceptors (Lipinski definition) is 4. The topological polar surface area (TPSA) is 76.0 Å². The van der Waals surface area contributed by atoms with Crippen molar-refractivity contribution in [1.29, 1.82) is 0 Å². The van der Waals surface area contributed by atoms with Crippen molar-refractivity contribution in [2.45, 2.75) is 19.4 Å². The van der Waals surface area contributed by atoms with E-state index in [1.54, 1.807) is 0 Å². The second-order valence-electron chi connectivity index (χ2n) is 6.00. The van der Waals surface area contributed by atoms with E-state index in [9.17, 15) is 14.0 Å². The second-order valence-corrected chi connectivity index (χ2v) is 6.00. The average Bonchev–Trinajstić information content (AvgIpc) is 2.58. The zero-order valence-electron chi connectivity index (χ0n) is 13.7. The van der Waals surface area contributed by atoms with E-state index in [1.807, 2.05) is 0 Å². The van der Waals surface area contributed by atoms with Gasteiger partial charge in [0.15, 0.2) is 0 Å². The molecule has 0 spiro atoms. The highest BCUT2D eigenvalue weighted by molar-refractivity contribution is 5.92. The van der Waals surface area contributed by atoms with Gasteiger partial charge in [0.25, 0.3) is 11.5 Å². The van der Waals surface area contributed by atoms with E-state index in [4.69, 9.17) is 0 Å². The number of nitrogens with zero attached hydrogens (tertiary/aromatic N) is 2. The van der Waals surface area contributed by atoms with E-state index in [1.165, 1.54) is 36.4 Å². The van der Waals surface area contributed by atoms with Crippen LogP contribution in [0.15, 0.2) is 41.2 Å². The minimum absolute atomic E-state index is 0. The number of carbonyl (C=O) groups excluding carboxylic acids is 1. The number of hydrogen-bond donors (Lipinski definition) is 2. The molecule has 1 aromatic carbocycles. The SMILES string of the molecule is CC1CCNCC1NC(=O)c1ccc(=O)n(-c2ccc(F)cc2)n1.Cl. The molecule has 0 radical (unpaired) electrons. The summed E-state index contributed by atoms with van der Waals surface area (Å²) in [6.45, 7) is 3.75. The van der Waals surface area contributed by atoms with Crippen molar-refractivity contribution >= 4 is 18.3 Å². The summed E-state index contributed by atoms with van der Waals surface area (Å²) >= 11 is 0. The first-order chi connectivity index (χ1) is 11.5. The van der Waals surface area contributed by atoms with Crippen molar-refractivity contribution in [2.24, 2.45) is 5.92 Å². The number of carbonyl (C=O) groups is 1. The Hall–Kier alpha value is -2.25. The van der Waals surface area contributed by atoms with Gasteiger partial charge < -0.3 is 10.6 Å². The van der Waals surface area contributed by atoms with Crippen LogP contribution in [0.5, 0.6) is 0 Å². The van der Waals surface area contributed by atoms with Crippen LogP contribution in [-0.4, -0.2) is 34.8 Å². The van der Waals surface area contributed by atoms with Crippen molar-refractivity contribution in [3.05, 3.63) is 58.3 Å². The summed E-state index contributed by atoms with van der Waals surface area (Å²) in [4.78, 5) is 24.4. The van der Waals surface area contributed by atoms with E-state index in [0.717, 1.165) is 17.6 Å². The highest BCUT2D eigenvalue weighted by Gasteiger charge is 2.23. The number of halogens is 2. The van der Waals surface area contributed by atoms with Crippen LogP contribution in [0.3, 0.4) is 0 Å². The number of piperidine rings is 1. The normalized spacial score (nSPS) is 19.8. The average molecular weight is 367 g/mol. The van der Waals surface area contributed by atoms with E-state index in [2.05, 4.69) is 22.7 Å². The second kappa shape index (κ2) is 8.22. The first-order valence-electron chi connectivity index (χ1n) is 7.92. The van der Waals surface area contributed by atoms with Crippen LogP contribution < -0.4 is 16.2 Å². The summed E-state index contributed by atoms with van der Waals surface area (Å²) in [6.07, 6.45) is 0.994. The molecular weight excluding hydrogens is 347 g/mol. The summed E-state index contributed by atoms with van der Waals surface area (Å²) in [6, 6.07) is 8.08. The quantitative estimate of drug-likeness (QED) is 0.863. The summed E-state index contributed by atoms with van der Waals surface area (Å²) in [5.41, 5.74) is 0.173. The highest BCUT2D eigenvalue weighted by Crippen LogP contribution is 2.12. The molecule has 1 amide bonds. The van der Waals surface area contributed by atoms with Crippen LogP contribution in [0.2, 0.25) is 0 Å². The third-order valence-corrected chi connectivity index (χ3v) is 4.25. The number of aromatic nitrogens is 2. The molecule has 0 saturated carbocycles. The molecule has 6 nitrogen and oxygen atoms in total. The number of nitrogens with one attached hydrogen (secondary N) is 2. The Kier molecular flexibility index (Phi) is 6.27. The van der Waals surface area contributed by atoms with Crippen LogP contribution in [0.25, 0.3) is 5.69 Å². The number of rotatable bonds is 3. The molecule has 2 unspecified atom stereocenters. The Balaban J connectivity index is 0.00000225. The van der Waals surface area contributed by atoms with Crippen molar-refractivity contribution < 1.29 is 9.18 Å². The maximum absolute atomic E-state index is 13.0. The van der Waals surface area contributed by atoms with Crippen LogP contribution in [0.4, 0.5) is 4.39 Å². The largest absolute Gasteiger partial charge is 0.346 e. The monoisotopic (exact) mass is 366 g/mol. The van der Waals surface area contributed by atoms with Gasteiger partial charge in [-0.05, 0) is 49.2 Å². The Labute approximate surface area is 150 Å². The Morgan fingerprint density at radius 3 is 2.68 bits per heavy atom. The summed E-state index contributed by atoms with van der Waals surface area (Å²) in [7, 11) is 0. The van der Waals surface area contributed by atoms with E-state index >= 15 is 0 Å². The van der Waals surface area contributed by atoms with Gasteiger partial charge in [-0.25, -0.2) is 4.39 Å². The van der Waals surface area contributed by atoms with Gasteiger partial charge in [-0.2, -0.15) is 9.78 Å². The first kappa shape index (κ1) is 19.1. The smallest absolute Gasteiger partial charge is 0.272 e. The van der Waals surface area contributed by atoms with Gasteiger partial charge in [0.05, 0.1) is 5.69 Å². The molecule has 3 rings (SSSR count). The molecule has 1 saturated heterocycles. The molecule has 0 bridgehead atoms. The summed E-state index contributed by atoms with van der Waals surface area (Å²) in [5, 5.41) is 10.3. The van der Waals surface area contributed by atoms with Crippen molar-refractivity contribution in [1.82, 2.24) is 20.4 Å². The van der Waals surface area contributed by atoms with Gasteiger partial charge in [-0.15, -0.1) is 12.4 Å². The molecule has 1 aliphatic rings. The van der Waals surface area contributed by atoms with Gasteiger partial charge in [-0.3, -0.25) is 9.59 Å². The zero-order chi connectivity index (χ0) is 17.1. The molecule has 1 fully saturated rings. The molecule has 1 aromatic heterocycles. The lowest BCUT2D eigenvalue weighted by molar-refractivity contribution is 0.0908. The fourth-order valence-electron chi connectivity index (χ4n) is 2.72. The molecule has 2 N–H and O–H groups in total. The van der Waals surface area contributed by atoms with Gasteiger partial charge in [0, 0.05) is 18.7 Å². The van der Waals surface area contributed by atoms with E-state index in [0.29, 0.717) is 18.2 Å². The molecular formula is C17H20ClFN4O2. The predicted molar refractivity (Wildman–Crippen MR) is 94.9 cm³/mol.